The van der Waals surface area contributed by atoms with Crippen LogP contribution in [0.5, 0.6) is 0 Å². The molecular weight excluding hydrogens is 205 g/mol. The lowest BCUT2D eigenvalue weighted by Crippen LogP contribution is -1.82. The molecule has 3 heteroatoms. The number of nitrogens with zero attached hydrogens (tertiary/aromatic N) is 1. The van der Waals surface area contributed by atoms with Crippen molar-refractivity contribution in [3.63, 3.8) is 0 Å². The Labute approximate surface area is 86.9 Å². The van der Waals surface area contributed by atoms with Gasteiger partial charge in [-0.25, -0.2) is 0 Å². The van der Waals surface area contributed by atoms with Crippen LogP contribution < -0.4 is 0 Å². The molecule has 0 N–H and O–H groups in total. The van der Waals surface area contributed by atoms with Crippen LogP contribution in [0.25, 0.3) is 0 Å². The molecule has 1 rings (SSSR count). The zero-order valence-electron chi connectivity index (χ0n) is 6.64. The number of halogens is 2. The van der Waals surface area contributed by atoms with E-state index in [1.807, 2.05) is 6.07 Å². The average molecular weight is 210 g/mol. The van der Waals surface area contributed by atoms with Gasteiger partial charge >= 0.3 is 0 Å². The van der Waals surface area contributed by atoms with Crippen molar-refractivity contribution < 1.29 is 0 Å². The lowest BCUT2D eigenvalue weighted by Gasteiger charge is -1.94. The molecule has 0 heterocycles. The molecule has 0 bridgehead atoms. The summed E-state index contributed by atoms with van der Waals surface area (Å²) in [6.07, 6.45) is 0. The van der Waals surface area contributed by atoms with E-state index in [0.717, 1.165) is 0 Å². The molecule has 0 aromatic heterocycles. The largest absolute Gasteiger partial charge is 0.192 e. The zero-order valence-corrected chi connectivity index (χ0v) is 8.15. The lowest BCUT2D eigenvalue weighted by atomic mass is 10.1. The number of benzene rings is 1. The van der Waals surface area contributed by atoms with Crippen LogP contribution in [0.4, 0.5) is 0 Å². The molecule has 0 aliphatic heterocycles. The fourth-order valence-electron chi connectivity index (χ4n) is 0.847. The molecule has 1 aromatic carbocycles. The third kappa shape index (κ3) is 2.67. The van der Waals surface area contributed by atoms with Gasteiger partial charge in [-0.15, -0.1) is 11.6 Å². The molecule has 64 valence electrons. The number of nitriles is 1. The van der Waals surface area contributed by atoms with Gasteiger partial charge in [-0.1, -0.05) is 23.4 Å². The maximum atomic E-state index is 8.73. The van der Waals surface area contributed by atoms with Gasteiger partial charge < -0.3 is 0 Å². The number of rotatable bonds is 0. The second-order valence-electron chi connectivity index (χ2n) is 2.24. The highest BCUT2D eigenvalue weighted by Gasteiger charge is 1.98. The van der Waals surface area contributed by atoms with Gasteiger partial charge in [0.25, 0.3) is 0 Å². The van der Waals surface area contributed by atoms with Gasteiger partial charge in [-0.3, -0.25) is 0 Å². The summed E-state index contributed by atoms with van der Waals surface area (Å²) in [5, 5.41) is 9.27. The van der Waals surface area contributed by atoms with E-state index in [9.17, 15) is 0 Å². The van der Waals surface area contributed by atoms with Crippen molar-refractivity contribution in [2.24, 2.45) is 0 Å². The summed E-state index contributed by atoms with van der Waals surface area (Å²) < 4.78 is 0. The quantitative estimate of drug-likeness (QED) is 0.477. The minimum absolute atomic E-state index is 0.257. The standard InChI is InChI=1S/C10H5Cl2N/c11-5-1-2-8-3-4-10(12)6-9(8)7-13/h3-4,6H,5H2. The molecule has 0 saturated heterocycles. The molecular formula is C10H5Cl2N. The second kappa shape index (κ2) is 4.77. The smallest absolute Gasteiger partial charge is 0.100 e. The van der Waals surface area contributed by atoms with E-state index < -0.39 is 0 Å². The van der Waals surface area contributed by atoms with Crippen LogP contribution in [0.3, 0.4) is 0 Å². The first-order chi connectivity index (χ1) is 6.27. The van der Waals surface area contributed by atoms with E-state index in [0.29, 0.717) is 16.1 Å². The molecule has 0 radical (unpaired) electrons. The molecule has 0 amide bonds. The molecule has 0 aliphatic carbocycles. The summed E-state index contributed by atoms with van der Waals surface area (Å²) in [6.45, 7) is 0. The molecule has 0 spiro atoms. The van der Waals surface area contributed by atoms with Gasteiger partial charge in [0.2, 0.25) is 0 Å². The molecule has 0 aliphatic rings. The third-order valence-corrected chi connectivity index (χ3v) is 1.76. The summed E-state index contributed by atoms with van der Waals surface area (Å²) >= 11 is 11.1. The highest BCUT2D eigenvalue weighted by atomic mass is 35.5. The summed E-state index contributed by atoms with van der Waals surface area (Å²) in [6, 6.07) is 7.00. The van der Waals surface area contributed by atoms with E-state index >= 15 is 0 Å². The van der Waals surface area contributed by atoms with Crippen LogP contribution in [-0.4, -0.2) is 5.88 Å². The monoisotopic (exact) mass is 209 g/mol. The van der Waals surface area contributed by atoms with Gasteiger partial charge in [-0.2, -0.15) is 5.26 Å². The summed E-state index contributed by atoms with van der Waals surface area (Å²) in [5.74, 6) is 5.72. The predicted octanol–water partition coefficient (Wildman–Crippen LogP) is 2.80. The molecule has 1 nitrogen and oxygen atoms in total. The Morgan fingerprint density at radius 2 is 2.08 bits per heavy atom. The first-order valence-electron chi connectivity index (χ1n) is 3.52. The Hall–Kier alpha value is -1.15. The van der Waals surface area contributed by atoms with Crippen LogP contribution in [0.15, 0.2) is 18.2 Å². The highest BCUT2D eigenvalue weighted by Crippen LogP contribution is 2.14. The third-order valence-electron chi connectivity index (χ3n) is 1.39. The average Bonchev–Trinajstić information content (AvgIpc) is 2.16. The first-order valence-corrected chi connectivity index (χ1v) is 4.43. The van der Waals surface area contributed by atoms with Crippen LogP contribution in [-0.2, 0) is 0 Å². The van der Waals surface area contributed by atoms with Crippen LogP contribution in [0.1, 0.15) is 11.1 Å². The number of hydrogen-bond acceptors (Lipinski definition) is 1. The number of hydrogen-bond donors (Lipinski definition) is 0. The minimum Gasteiger partial charge on any atom is -0.192 e. The normalized spacial score (nSPS) is 8.38. The molecule has 0 fully saturated rings. The predicted molar refractivity (Wildman–Crippen MR) is 53.8 cm³/mol. The summed E-state index contributed by atoms with van der Waals surface area (Å²) in [4.78, 5) is 0. The summed E-state index contributed by atoms with van der Waals surface area (Å²) in [7, 11) is 0. The van der Waals surface area contributed by atoms with Crippen molar-refractivity contribution >= 4 is 23.2 Å². The molecule has 0 unspecified atom stereocenters. The maximum absolute atomic E-state index is 8.73. The summed E-state index contributed by atoms with van der Waals surface area (Å²) in [5.41, 5.74) is 1.14. The van der Waals surface area contributed by atoms with Crippen LogP contribution in [0.2, 0.25) is 5.02 Å². The van der Waals surface area contributed by atoms with Crippen LogP contribution >= 0.6 is 23.2 Å². The molecule has 0 atom stereocenters. The zero-order chi connectivity index (χ0) is 9.68. The molecule has 1 aromatic rings. The Morgan fingerprint density at radius 1 is 1.31 bits per heavy atom. The fraction of sp³-hybridized carbons (Fsp3) is 0.100. The lowest BCUT2D eigenvalue weighted by molar-refractivity contribution is 1.47. The van der Waals surface area contributed by atoms with E-state index in [1.165, 1.54) is 0 Å². The fourth-order valence-corrected chi connectivity index (χ4v) is 1.09. The van der Waals surface area contributed by atoms with Crippen molar-refractivity contribution in [1.82, 2.24) is 0 Å². The SMILES string of the molecule is N#Cc1cc(Cl)ccc1C#CCCl. The van der Waals surface area contributed by atoms with E-state index in [-0.39, 0.29) is 5.88 Å². The van der Waals surface area contributed by atoms with Gasteiger partial charge in [0.15, 0.2) is 0 Å². The van der Waals surface area contributed by atoms with Crippen molar-refractivity contribution in [1.29, 1.82) is 5.26 Å². The van der Waals surface area contributed by atoms with E-state index in [4.69, 9.17) is 28.5 Å². The topological polar surface area (TPSA) is 23.8 Å². The second-order valence-corrected chi connectivity index (χ2v) is 2.94. The van der Waals surface area contributed by atoms with E-state index in [1.54, 1.807) is 18.2 Å². The Kier molecular flexibility index (Phi) is 3.65. The van der Waals surface area contributed by atoms with Gasteiger partial charge in [0, 0.05) is 10.6 Å². The van der Waals surface area contributed by atoms with Crippen molar-refractivity contribution in [2.75, 3.05) is 5.88 Å². The highest BCUT2D eigenvalue weighted by molar-refractivity contribution is 6.30. The van der Waals surface area contributed by atoms with E-state index in [2.05, 4.69) is 11.8 Å². The van der Waals surface area contributed by atoms with Gasteiger partial charge in [-0.05, 0) is 18.2 Å². The molecule has 0 saturated carbocycles. The minimum atomic E-state index is 0.257. The van der Waals surface area contributed by atoms with Crippen LogP contribution in [0, 0.1) is 23.2 Å². The van der Waals surface area contributed by atoms with Gasteiger partial charge in [0.05, 0.1) is 11.4 Å². The van der Waals surface area contributed by atoms with Crippen molar-refractivity contribution in [2.45, 2.75) is 0 Å². The first kappa shape index (κ1) is 9.93. The maximum Gasteiger partial charge on any atom is 0.100 e. The number of alkyl halides is 1. The Balaban J connectivity index is 3.16. The van der Waals surface area contributed by atoms with Crippen molar-refractivity contribution in [3.05, 3.63) is 34.3 Å². The van der Waals surface area contributed by atoms with Crippen molar-refractivity contribution in [3.8, 4) is 17.9 Å². The Bertz CT molecular complexity index is 407. The molecule has 13 heavy (non-hydrogen) atoms. The van der Waals surface area contributed by atoms with Gasteiger partial charge in [0.1, 0.15) is 6.07 Å². The Morgan fingerprint density at radius 3 is 2.69 bits per heavy atom.